The number of hydrogen-bond acceptors (Lipinski definition) is 6. The van der Waals surface area contributed by atoms with Gasteiger partial charge in [-0.1, -0.05) is 5.16 Å². The highest BCUT2D eigenvalue weighted by Crippen LogP contribution is 2.57. The number of halogens is 5. The third kappa shape index (κ3) is 4.21. The summed E-state index contributed by atoms with van der Waals surface area (Å²) in [6.07, 6.45) is -2.59. The van der Waals surface area contributed by atoms with Crippen LogP contribution in [0.2, 0.25) is 0 Å². The standard InChI is InChI=1S/C16H23F5N4O3S/c1-13(2,3)29(26,27)25-10-8-14(10)6-4-9(5-7-14)22-12-23-11(24-28-12)15(17,18)16(19,20)21/h9-10,25H,4-8H2,1-3H3,(H,22,23,24). The Hall–Kier alpha value is -1.50. The van der Waals surface area contributed by atoms with Crippen molar-refractivity contribution >= 4 is 16.0 Å². The van der Waals surface area contributed by atoms with Crippen LogP contribution in [0.1, 0.15) is 58.7 Å². The number of nitrogens with zero attached hydrogens (tertiary/aromatic N) is 2. The van der Waals surface area contributed by atoms with E-state index in [1.54, 1.807) is 20.8 Å². The monoisotopic (exact) mass is 446 g/mol. The van der Waals surface area contributed by atoms with E-state index in [0.29, 0.717) is 25.7 Å². The fraction of sp³-hybridized carbons (Fsp3) is 0.875. The zero-order valence-electron chi connectivity index (χ0n) is 16.1. The van der Waals surface area contributed by atoms with Crippen molar-refractivity contribution in [2.45, 2.75) is 81.8 Å². The predicted octanol–water partition coefficient (Wildman–Crippen LogP) is 3.55. The Morgan fingerprint density at radius 2 is 1.69 bits per heavy atom. The maximum atomic E-state index is 13.2. The molecule has 166 valence electrons. The van der Waals surface area contributed by atoms with Gasteiger partial charge in [0.25, 0.3) is 5.82 Å². The molecule has 0 bridgehead atoms. The van der Waals surface area contributed by atoms with E-state index in [9.17, 15) is 30.4 Å². The smallest absolute Gasteiger partial charge is 0.335 e. The summed E-state index contributed by atoms with van der Waals surface area (Å²) >= 11 is 0. The number of hydrogen-bond donors (Lipinski definition) is 2. The van der Waals surface area contributed by atoms with Crippen molar-refractivity contribution in [3.8, 4) is 0 Å². The van der Waals surface area contributed by atoms with Crippen LogP contribution >= 0.6 is 0 Å². The second kappa shape index (κ2) is 6.76. The molecule has 1 atom stereocenters. The van der Waals surface area contributed by atoms with Crippen molar-refractivity contribution in [3.63, 3.8) is 0 Å². The van der Waals surface area contributed by atoms with Crippen LogP contribution in [0, 0.1) is 5.41 Å². The summed E-state index contributed by atoms with van der Waals surface area (Å²) in [5.41, 5.74) is -0.139. The molecule has 1 unspecified atom stereocenters. The molecule has 1 heterocycles. The molecule has 2 aliphatic carbocycles. The van der Waals surface area contributed by atoms with Gasteiger partial charge in [-0.3, -0.25) is 0 Å². The predicted molar refractivity (Wildman–Crippen MR) is 92.8 cm³/mol. The highest BCUT2D eigenvalue weighted by molar-refractivity contribution is 7.90. The molecule has 7 nitrogen and oxygen atoms in total. The van der Waals surface area contributed by atoms with Gasteiger partial charge < -0.3 is 9.84 Å². The maximum absolute atomic E-state index is 13.2. The lowest BCUT2D eigenvalue weighted by Crippen LogP contribution is -2.42. The van der Waals surface area contributed by atoms with Gasteiger partial charge in [-0.25, -0.2) is 13.1 Å². The molecular weight excluding hydrogens is 423 g/mol. The van der Waals surface area contributed by atoms with Gasteiger partial charge in [-0.15, -0.1) is 0 Å². The average Bonchev–Trinajstić information content (AvgIpc) is 2.99. The van der Waals surface area contributed by atoms with Crippen molar-refractivity contribution in [1.82, 2.24) is 14.9 Å². The average molecular weight is 446 g/mol. The third-order valence-electron chi connectivity index (χ3n) is 5.67. The van der Waals surface area contributed by atoms with Crippen LogP contribution < -0.4 is 10.0 Å². The van der Waals surface area contributed by atoms with Crippen molar-refractivity contribution < 1.29 is 34.9 Å². The summed E-state index contributed by atoms with van der Waals surface area (Å²) in [5, 5.41) is 5.44. The number of sulfonamides is 1. The first-order valence-electron chi connectivity index (χ1n) is 9.15. The van der Waals surface area contributed by atoms with E-state index >= 15 is 0 Å². The summed E-state index contributed by atoms with van der Waals surface area (Å²) < 4.78 is 94.5. The number of aromatic nitrogens is 2. The molecule has 0 aromatic carbocycles. The minimum absolute atomic E-state index is 0.139. The van der Waals surface area contributed by atoms with Crippen LogP contribution in [0.15, 0.2) is 4.52 Å². The van der Waals surface area contributed by atoms with Gasteiger partial charge in [0.15, 0.2) is 0 Å². The Balaban J connectivity index is 1.54. The van der Waals surface area contributed by atoms with E-state index in [-0.39, 0.29) is 17.5 Å². The summed E-state index contributed by atoms with van der Waals surface area (Å²) in [6, 6.07) is -0.882. The zero-order chi connectivity index (χ0) is 21.9. The van der Waals surface area contributed by atoms with E-state index in [0.717, 1.165) is 6.42 Å². The maximum Gasteiger partial charge on any atom is 0.461 e. The van der Waals surface area contributed by atoms with Gasteiger partial charge in [0.05, 0.1) is 4.75 Å². The highest BCUT2D eigenvalue weighted by Gasteiger charge is 2.62. The molecule has 2 N–H and O–H groups in total. The minimum atomic E-state index is -5.81. The molecule has 2 saturated carbocycles. The zero-order valence-corrected chi connectivity index (χ0v) is 16.9. The third-order valence-corrected chi connectivity index (χ3v) is 7.87. The van der Waals surface area contributed by atoms with Gasteiger partial charge in [-0.2, -0.15) is 26.9 Å². The molecule has 3 rings (SSSR count). The van der Waals surface area contributed by atoms with Gasteiger partial charge in [0.2, 0.25) is 10.0 Å². The molecule has 1 aromatic rings. The Labute approximate surface area is 164 Å². The fourth-order valence-electron chi connectivity index (χ4n) is 3.48. The van der Waals surface area contributed by atoms with Crippen LogP contribution in [0.4, 0.5) is 28.0 Å². The molecule has 1 spiro atoms. The lowest BCUT2D eigenvalue weighted by atomic mass is 9.83. The molecule has 1 aromatic heterocycles. The van der Waals surface area contributed by atoms with E-state index in [1.165, 1.54) is 0 Å². The van der Waals surface area contributed by atoms with Gasteiger partial charge >= 0.3 is 18.1 Å². The Morgan fingerprint density at radius 1 is 1.10 bits per heavy atom. The second-order valence-corrected chi connectivity index (χ2v) is 11.2. The largest absolute Gasteiger partial charge is 0.461 e. The van der Waals surface area contributed by atoms with Crippen molar-refractivity contribution in [2.75, 3.05) is 5.32 Å². The van der Waals surface area contributed by atoms with Crippen LogP contribution in [-0.2, 0) is 15.9 Å². The van der Waals surface area contributed by atoms with E-state index in [4.69, 9.17) is 0 Å². The van der Waals surface area contributed by atoms with Crippen LogP contribution in [-0.4, -0.2) is 41.6 Å². The molecule has 0 saturated heterocycles. The van der Waals surface area contributed by atoms with E-state index < -0.39 is 38.7 Å². The number of nitrogens with one attached hydrogen (secondary N) is 2. The van der Waals surface area contributed by atoms with Crippen LogP contribution in [0.5, 0.6) is 0 Å². The molecule has 0 amide bonds. The van der Waals surface area contributed by atoms with Crippen molar-refractivity contribution in [3.05, 3.63) is 5.82 Å². The van der Waals surface area contributed by atoms with Gasteiger partial charge in [-0.05, 0) is 58.3 Å². The van der Waals surface area contributed by atoms with E-state index in [2.05, 4.69) is 24.7 Å². The van der Waals surface area contributed by atoms with Gasteiger partial charge in [0.1, 0.15) is 0 Å². The second-order valence-electron chi connectivity index (χ2n) is 8.77. The lowest BCUT2D eigenvalue weighted by molar-refractivity contribution is -0.293. The number of rotatable bonds is 5. The normalized spacial score (nSPS) is 28.6. The molecule has 2 aliphatic rings. The highest BCUT2D eigenvalue weighted by atomic mass is 32.2. The molecule has 0 radical (unpaired) electrons. The van der Waals surface area contributed by atoms with Crippen LogP contribution in [0.3, 0.4) is 0 Å². The van der Waals surface area contributed by atoms with E-state index in [1.807, 2.05) is 0 Å². The SMILES string of the molecule is CC(C)(C)S(=O)(=O)NC1CC12CCC(Nc1nc(C(F)(F)C(F)(F)F)no1)CC2. The Bertz CT molecular complexity index is 855. The molecule has 13 heteroatoms. The first-order valence-corrected chi connectivity index (χ1v) is 10.6. The summed E-state index contributed by atoms with van der Waals surface area (Å²) in [6.45, 7) is 4.85. The first kappa shape index (κ1) is 22.2. The van der Waals surface area contributed by atoms with Crippen molar-refractivity contribution in [2.24, 2.45) is 5.41 Å². The lowest BCUT2D eigenvalue weighted by Gasteiger charge is -2.30. The minimum Gasteiger partial charge on any atom is -0.335 e. The fourth-order valence-corrected chi connectivity index (χ4v) is 4.54. The topological polar surface area (TPSA) is 97.1 Å². The molecule has 0 aliphatic heterocycles. The Kier molecular flexibility index (Phi) is 5.17. The van der Waals surface area contributed by atoms with Gasteiger partial charge in [0, 0.05) is 12.1 Å². The van der Waals surface area contributed by atoms with Crippen molar-refractivity contribution in [1.29, 1.82) is 0 Å². The summed E-state index contributed by atoms with van der Waals surface area (Å²) in [4.78, 5) is 3.13. The number of alkyl halides is 5. The Morgan fingerprint density at radius 3 is 2.21 bits per heavy atom. The van der Waals surface area contributed by atoms with Crippen LogP contribution in [0.25, 0.3) is 0 Å². The molecule has 2 fully saturated rings. The molecule has 29 heavy (non-hydrogen) atoms. The quantitative estimate of drug-likeness (QED) is 0.672. The summed E-state index contributed by atoms with van der Waals surface area (Å²) in [5.74, 6) is -6.93. The molecular formula is C16H23F5N4O3S. The number of anilines is 1. The first-order chi connectivity index (χ1) is 13.1. The summed E-state index contributed by atoms with van der Waals surface area (Å²) in [7, 11) is -3.46.